The second kappa shape index (κ2) is 6.92. The average molecular weight is 379 g/mol. The number of nitrogens with zero attached hydrogens (tertiary/aromatic N) is 2. The molecule has 1 aromatic carbocycles. The summed E-state index contributed by atoms with van der Waals surface area (Å²) in [5.74, 6) is -1.17. The number of sulfonamides is 1. The van der Waals surface area contributed by atoms with Crippen molar-refractivity contribution < 1.29 is 17.6 Å². The number of carbonyl (C=O) groups excluding carboxylic acids is 1. The molecule has 3 rings (SSSR count). The molecule has 1 saturated heterocycles. The highest BCUT2D eigenvalue weighted by molar-refractivity contribution is 7.91. The van der Waals surface area contributed by atoms with E-state index in [1.54, 1.807) is 17.5 Å². The third-order valence-corrected chi connectivity index (χ3v) is 7.20. The minimum Gasteiger partial charge on any atom is -0.325 e. The molecule has 6 nitrogen and oxygen atoms in total. The van der Waals surface area contributed by atoms with Gasteiger partial charge in [-0.2, -0.15) is 9.57 Å². The number of nitriles is 1. The van der Waals surface area contributed by atoms with Gasteiger partial charge in [-0.1, -0.05) is 6.07 Å². The second-order valence-electron chi connectivity index (χ2n) is 5.50. The van der Waals surface area contributed by atoms with Crippen LogP contribution in [0.3, 0.4) is 0 Å². The van der Waals surface area contributed by atoms with Crippen LogP contribution in [0.15, 0.2) is 39.9 Å². The Morgan fingerprint density at radius 1 is 1.40 bits per heavy atom. The van der Waals surface area contributed by atoms with Crippen LogP contribution in [0, 0.1) is 17.1 Å². The zero-order chi connectivity index (χ0) is 18.0. The van der Waals surface area contributed by atoms with Gasteiger partial charge < -0.3 is 5.32 Å². The molecular formula is C16H14FN3O3S2. The van der Waals surface area contributed by atoms with Crippen LogP contribution in [0.5, 0.6) is 0 Å². The smallest absolute Gasteiger partial charge is 0.253 e. The van der Waals surface area contributed by atoms with Gasteiger partial charge in [-0.05, 0) is 42.5 Å². The summed E-state index contributed by atoms with van der Waals surface area (Å²) >= 11 is 1.10. The monoisotopic (exact) mass is 379 g/mol. The van der Waals surface area contributed by atoms with Crippen LogP contribution in [-0.4, -0.2) is 31.2 Å². The Morgan fingerprint density at radius 2 is 2.20 bits per heavy atom. The normalized spacial score (nSPS) is 18.0. The molecule has 1 aromatic heterocycles. The largest absolute Gasteiger partial charge is 0.325 e. The van der Waals surface area contributed by atoms with Crippen molar-refractivity contribution in [2.45, 2.75) is 23.1 Å². The first-order valence-electron chi connectivity index (χ1n) is 7.49. The maximum atomic E-state index is 13.4. The quantitative estimate of drug-likeness (QED) is 0.884. The Hall–Kier alpha value is -2.28. The molecule has 0 aliphatic carbocycles. The minimum absolute atomic E-state index is 0.188. The first-order chi connectivity index (χ1) is 11.9. The Bertz CT molecular complexity index is 936. The highest BCUT2D eigenvalue weighted by Crippen LogP contribution is 2.29. The lowest BCUT2D eigenvalue weighted by Gasteiger charge is -2.22. The Morgan fingerprint density at radius 3 is 2.88 bits per heavy atom. The topological polar surface area (TPSA) is 90.3 Å². The van der Waals surface area contributed by atoms with Crippen molar-refractivity contribution >= 4 is 33.0 Å². The highest BCUT2D eigenvalue weighted by atomic mass is 32.2. The number of anilines is 1. The van der Waals surface area contributed by atoms with Crippen LogP contribution >= 0.6 is 11.3 Å². The SMILES string of the molecule is N#Cc1cc(NC(=O)C2CCCN2S(=O)(=O)c2cccs2)ccc1F. The van der Waals surface area contributed by atoms with Crippen molar-refractivity contribution in [1.82, 2.24) is 4.31 Å². The van der Waals surface area contributed by atoms with Gasteiger partial charge in [0.15, 0.2) is 0 Å². The highest BCUT2D eigenvalue weighted by Gasteiger charge is 2.39. The zero-order valence-electron chi connectivity index (χ0n) is 13.0. The molecule has 9 heteroatoms. The summed E-state index contributed by atoms with van der Waals surface area (Å²) in [5.41, 5.74) is 0.0654. The molecular weight excluding hydrogens is 365 g/mol. The van der Waals surface area contributed by atoms with E-state index in [0.29, 0.717) is 12.8 Å². The minimum atomic E-state index is -3.72. The maximum Gasteiger partial charge on any atom is 0.253 e. The average Bonchev–Trinajstić information content (AvgIpc) is 3.28. The number of hydrogen-bond acceptors (Lipinski definition) is 5. The van der Waals surface area contributed by atoms with Crippen molar-refractivity contribution in [3.05, 3.63) is 47.1 Å². The molecule has 0 spiro atoms. The van der Waals surface area contributed by atoms with E-state index >= 15 is 0 Å². The third-order valence-electron chi connectivity index (χ3n) is 3.92. The van der Waals surface area contributed by atoms with Gasteiger partial charge in [0.2, 0.25) is 5.91 Å². The molecule has 25 heavy (non-hydrogen) atoms. The van der Waals surface area contributed by atoms with Gasteiger partial charge in [-0.25, -0.2) is 12.8 Å². The zero-order valence-corrected chi connectivity index (χ0v) is 14.6. The molecule has 1 atom stereocenters. The lowest BCUT2D eigenvalue weighted by atomic mass is 10.2. The van der Waals surface area contributed by atoms with Crippen molar-refractivity contribution in [3.63, 3.8) is 0 Å². The standard InChI is InChI=1S/C16H14FN3O3S2/c17-13-6-5-12(9-11(13)10-18)19-16(21)14-3-1-7-20(14)25(22,23)15-4-2-8-24-15/h2,4-6,8-9,14H,1,3,7H2,(H,19,21). The lowest BCUT2D eigenvalue weighted by Crippen LogP contribution is -2.42. The summed E-state index contributed by atoms with van der Waals surface area (Å²) in [5, 5.41) is 13.1. The molecule has 1 aliphatic rings. The molecule has 0 bridgehead atoms. The van der Waals surface area contributed by atoms with E-state index in [2.05, 4.69) is 5.32 Å². The van der Waals surface area contributed by atoms with Crippen LogP contribution in [0.1, 0.15) is 18.4 Å². The first-order valence-corrected chi connectivity index (χ1v) is 9.81. The van der Waals surface area contributed by atoms with E-state index in [0.717, 1.165) is 17.4 Å². The van der Waals surface area contributed by atoms with Crippen LogP contribution < -0.4 is 5.32 Å². The van der Waals surface area contributed by atoms with Gasteiger partial charge in [0.1, 0.15) is 22.1 Å². The van der Waals surface area contributed by atoms with Gasteiger partial charge >= 0.3 is 0 Å². The van der Waals surface area contributed by atoms with Gasteiger partial charge in [-0.15, -0.1) is 11.3 Å². The summed E-state index contributed by atoms with van der Waals surface area (Å²) < 4.78 is 40.1. The summed E-state index contributed by atoms with van der Waals surface area (Å²) in [7, 11) is -3.72. The fraction of sp³-hybridized carbons (Fsp3) is 0.250. The molecule has 0 radical (unpaired) electrons. The molecule has 1 amide bonds. The summed E-state index contributed by atoms with van der Waals surface area (Å²) in [6.45, 7) is 0.269. The lowest BCUT2D eigenvalue weighted by molar-refractivity contribution is -0.119. The number of carbonyl (C=O) groups is 1. The molecule has 1 fully saturated rings. The van der Waals surface area contributed by atoms with E-state index < -0.39 is 27.8 Å². The summed E-state index contributed by atoms with van der Waals surface area (Å²) in [4.78, 5) is 12.5. The molecule has 2 heterocycles. The van der Waals surface area contributed by atoms with Crippen LogP contribution in [0.25, 0.3) is 0 Å². The summed E-state index contributed by atoms with van der Waals surface area (Å²) in [6.07, 6.45) is 0.984. The van der Waals surface area contributed by atoms with Crippen molar-refractivity contribution in [3.8, 4) is 6.07 Å². The van der Waals surface area contributed by atoms with Gasteiger partial charge in [0.05, 0.1) is 5.56 Å². The maximum absolute atomic E-state index is 13.4. The van der Waals surface area contributed by atoms with E-state index in [4.69, 9.17) is 5.26 Å². The molecule has 1 N–H and O–H groups in total. The van der Waals surface area contributed by atoms with Crippen molar-refractivity contribution in [1.29, 1.82) is 5.26 Å². The van der Waals surface area contributed by atoms with Gasteiger partial charge in [0.25, 0.3) is 10.0 Å². The Labute approximate surface area is 148 Å². The molecule has 0 saturated carbocycles. The fourth-order valence-electron chi connectivity index (χ4n) is 2.73. The third kappa shape index (κ3) is 3.42. The van der Waals surface area contributed by atoms with E-state index in [9.17, 15) is 17.6 Å². The molecule has 2 aromatic rings. The van der Waals surface area contributed by atoms with Crippen molar-refractivity contribution in [2.75, 3.05) is 11.9 Å². The van der Waals surface area contributed by atoms with Gasteiger partial charge in [-0.3, -0.25) is 4.79 Å². The van der Waals surface area contributed by atoms with Crippen LogP contribution in [0.4, 0.5) is 10.1 Å². The molecule has 130 valence electrons. The molecule has 1 aliphatic heterocycles. The summed E-state index contributed by atoms with van der Waals surface area (Å²) in [6, 6.07) is 7.66. The number of hydrogen-bond donors (Lipinski definition) is 1. The van der Waals surface area contributed by atoms with Crippen LogP contribution in [0.2, 0.25) is 0 Å². The van der Waals surface area contributed by atoms with E-state index in [1.807, 2.05) is 0 Å². The predicted octanol–water partition coefficient (Wildman–Crippen LogP) is 2.55. The second-order valence-corrected chi connectivity index (χ2v) is 8.57. The number of thiophene rings is 1. The number of amides is 1. The Kier molecular flexibility index (Phi) is 4.85. The fourth-order valence-corrected chi connectivity index (χ4v) is 5.51. The number of halogens is 1. The van der Waals surface area contributed by atoms with E-state index in [1.165, 1.54) is 22.5 Å². The van der Waals surface area contributed by atoms with Crippen molar-refractivity contribution in [2.24, 2.45) is 0 Å². The van der Waals surface area contributed by atoms with Crippen LogP contribution in [-0.2, 0) is 14.8 Å². The van der Waals surface area contributed by atoms with Gasteiger partial charge in [0, 0.05) is 12.2 Å². The van der Waals surface area contributed by atoms with E-state index in [-0.39, 0.29) is 22.0 Å². The first kappa shape index (κ1) is 17.5. The number of benzene rings is 1. The molecule has 1 unspecified atom stereocenters. The predicted molar refractivity (Wildman–Crippen MR) is 91.0 cm³/mol. The number of nitrogens with one attached hydrogen (secondary N) is 1. The number of rotatable bonds is 4. The Balaban J connectivity index is 1.81.